The van der Waals surface area contributed by atoms with Crippen molar-refractivity contribution in [1.29, 1.82) is 0 Å². The van der Waals surface area contributed by atoms with E-state index in [0.717, 1.165) is 0 Å². The summed E-state index contributed by atoms with van der Waals surface area (Å²) in [5.41, 5.74) is 0.301. The predicted octanol–water partition coefficient (Wildman–Crippen LogP) is -0.00990. The molecule has 94 valence electrons. The number of carbonyl (C=O) groups excluding carboxylic acids is 1. The summed E-state index contributed by atoms with van der Waals surface area (Å²) in [6.45, 7) is 4.98. The summed E-state index contributed by atoms with van der Waals surface area (Å²) in [6, 6.07) is 0. The van der Waals surface area contributed by atoms with Gasteiger partial charge in [-0.3, -0.25) is 0 Å². The van der Waals surface area contributed by atoms with Gasteiger partial charge in [0, 0.05) is 18.6 Å². The molecule has 0 fully saturated rings. The first-order valence-electron chi connectivity index (χ1n) is 5.28. The quantitative estimate of drug-likeness (QED) is 0.405. The number of esters is 1. The predicted molar refractivity (Wildman–Crippen MR) is 58.7 cm³/mol. The van der Waals surface area contributed by atoms with Gasteiger partial charge in [0.05, 0.1) is 18.8 Å². The van der Waals surface area contributed by atoms with E-state index in [-0.39, 0.29) is 19.6 Å². The lowest BCUT2D eigenvalue weighted by molar-refractivity contribution is -0.140. The van der Waals surface area contributed by atoms with E-state index in [9.17, 15) is 15.0 Å². The van der Waals surface area contributed by atoms with Gasteiger partial charge in [0.2, 0.25) is 0 Å². The lowest BCUT2D eigenvalue weighted by Gasteiger charge is -2.17. The molecule has 5 heteroatoms. The number of hydrogen-bond acceptors (Lipinski definition) is 5. The molecule has 0 aliphatic carbocycles. The largest absolute Gasteiger partial charge is 0.462 e. The summed E-state index contributed by atoms with van der Waals surface area (Å²) in [7, 11) is 0. The Kier molecular flexibility index (Phi) is 7.80. The minimum absolute atomic E-state index is 0.0194. The molecule has 0 radical (unpaired) electrons. The number of rotatable bonds is 8. The Hall–Kier alpha value is -0.910. The number of ether oxygens (including phenoxy) is 1. The molecular formula is C11H20O5. The van der Waals surface area contributed by atoms with Crippen molar-refractivity contribution in [3.05, 3.63) is 12.2 Å². The number of carbonyl (C=O) groups is 1. The van der Waals surface area contributed by atoms with Gasteiger partial charge in [0.25, 0.3) is 0 Å². The molecule has 0 saturated heterocycles. The van der Waals surface area contributed by atoms with Crippen molar-refractivity contribution >= 4 is 5.97 Å². The van der Waals surface area contributed by atoms with Crippen molar-refractivity contribution in [3.63, 3.8) is 0 Å². The Morgan fingerprint density at radius 3 is 2.38 bits per heavy atom. The smallest absolute Gasteiger partial charge is 0.333 e. The van der Waals surface area contributed by atoms with Crippen molar-refractivity contribution in [2.24, 2.45) is 0 Å². The van der Waals surface area contributed by atoms with E-state index >= 15 is 0 Å². The maximum absolute atomic E-state index is 11.0. The van der Waals surface area contributed by atoms with Crippen molar-refractivity contribution < 1.29 is 24.9 Å². The molecule has 2 unspecified atom stereocenters. The van der Waals surface area contributed by atoms with Crippen LogP contribution in [-0.2, 0) is 9.53 Å². The SMILES string of the molecule is C=C(C)C(=O)OCCC(O)C(O)CCCO. The Balaban J connectivity index is 3.67. The lowest BCUT2D eigenvalue weighted by atomic mass is 10.1. The molecule has 0 aromatic heterocycles. The third kappa shape index (κ3) is 6.55. The fourth-order valence-electron chi connectivity index (χ4n) is 1.08. The fraction of sp³-hybridized carbons (Fsp3) is 0.727. The van der Waals surface area contributed by atoms with Crippen LogP contribution in [0.3, 0.4) is 0 Å². The fourth-order valence-corrected chi connectivity index (χ4v) is 1.08. The van der Waals surface area contributed by atoms with Crippen molar-refractivity contribution in [1.82, 2.24) is 0 Å². The van der Waals surface area contributed by atoms with Crippen LogP contribution < -0.4 is 0 Å². The minimum Gasteiger partial charge on any atom is -0.462 e. The van der Waals surface area contributed by atoms with Crippen LogP contribution in [0.5, 0.6) is 0 Å². The first-order chi connectivity index (χ1) is 7.49. The molecule has 0 heterocycles. The van der Waals surface area contributed by atoms with Crippen LogP contribution in [0.15, 0.2) is 12.2 Å². The summed E-state index contributed by atoms with van der Waals surface area (Å²) in [6.07, 6.45) is -0.901. The van der Waals surface area contributed by atoms with E-state index in [1.54, 1.807) is 0 Å². The van der Waals surface area contributed by atoms with Gasteiger partial charge in [0.15, 0.2) is 0 Å². The van der Waals surface area contributed by atoms with Crippen molar-refractivity contribution in [3.8, 4) is 0 Å². The molecule has 0 spiro atoms. The second-order valence-corrected chi connectivity index (χ2v) is 3.71. The molecule has 3 N–H and O–H groups in total. The number of aliphatic hydroxyl groups excluding tert-OH is 3. The highest BCUT2D eigenvalue weighted by Crippen LogP contribution is 2.06. The molecule has 0 rings (SSSR count). The Labute approximate surface area is 95.4 Å². The summed E-state index contributed by atoms with van der Waals surface area (Å²) >= 11 is 0. The van der Waals surface area contributed by atoms with Crippen LogP contribution in [-0.4, -0.2) is 46.7 Å². The summed E-state index contributed by atoms with van der Waals surface area (Å²) in [5, 5.41) is 27.4. The second kappa shape index (κ2) is 8.27. The zero-order valence-electron chi connectivity index (χ0n) is 9.56. The lowest BCUT2D eigenvalue weighted by Crippen LogP contribution is -2.27. The van der Waals surface area contributed by atoms with Gasteiger partial charge in [-0.2, -0.15) is 0 Å². The summed E-state index contributed by atoms with van der Waals surface area (Å²) < 4.78 is 4.77. The number of aliphatic hydroxyl groups is 3. The summed E-state index contributed by atoms with van der Waals surface area (Å²) in [5.74, 6) is -0.503. The molecule has 0 aliphatic rings. The number of hydrogen-bond donors (Lipinski definition) is 3. The van der Waals surface area contributed by atoms with Gasteiger partial charge >= 0.3 is 5.97 Å². The minimum atomic E-state index is -0.940. The van der Waals surface area contributed by atoms with Crippen LogP contribution >= 0.6 is 0 Å². The zero-order chi connectivity index (χ0) is 12.6. The van der Waals surface area contributed by atoms with Gasteiger partial charge in [-0.1, -0.05) is 6.58 Å². The van der Waals surface area contributed by atoms with Gasteiger partial charge < -0.3 is 20.1 Å². The topological polar surface area (TPSA) is 87.0 Å². The maximum atomic E-state index is 11.0. The molecule has 16 heavy (non-hydrogen) atoms. The highest BCUT2D eigenvalue weighted by molar-refractivity contribution is 5.86. The maximum Gasteiger partial charge on any atom is 0.333 e. The monoisotopic (exact) mass is 232 g/mol. The molecule has 2 atom stereocenters. The average Bonchev–Trinajstić information content (AvgIpc) is 2.25. The molecule has 0 bridgehead atoms. The molecule has 0 aromatic carbocycles. The molecule has 0 aromatic rings. The van der Waals surface area contributed by atoms with E-state index in [4.69, 9.17) is 9.84 Å². The van der Waals surface area contributed by atoms with Crippen molar-refractivity contribution in [2.45, 2.75) is 38.4 Å². The average molecular weight is 232 g/mol. The van der Waals surface area contributed by atoms with Crippen molar-refractivity contribution in [2.75, 3.05) is 13.2 Å². The summed E-state index contributed by atoms with van der Waals surface area (Å²) in [4.78, 5) is 11.0. The third-order valence-corrected chi connectivity index (χ3v) is 2.10. The van der Waals surface area contributed by atoms with Gasteiger partial charge in [-0.25, -0.2) is 4.79 Å². The highest BCUT2D eigenvalue weighted by Gasteiger charge is 2.16. The molecule has 0 aliphatic heterocycles. The first-order valence-corrected chi connectivity index (χ1v) is 5.28. The Bertz CT molecular complexity index is 226. The van der Waals surface area contributed by atoms with Crippen LogP contribution in [0.4, 0.5) is 0 Å². The first kappa shape index (κ1) is 15.1. The Morgan fingerprint density at radius 2 is 1.88 bits per heavy atom. The zero-order valence-corrected chi connectivity index (χ0v) is 9.56. The van der Waals surface area contributed by atoms with E-state index in [1.165, 1.54) is 6.92 Å². The molecular weight excluding hydrogens is 212 g/mol. The molecule has 5 nitrogen and oxygen atoms in total. The van der Waals surface area contributed by atoms with E-state index < -0.39 is 18.2 Å². The standard InChI is InChI=1S/C11H20O5/c1-8(2)11(15)16-7-5-10(14)9(13)4-3-6-12/h9-10,12-14H,1,3-7H2,2H3. The van der Waals surface area contributed by atoms with Gasteiger partial charge in [-0.05, 0) is 19.8 Å². The molecule has 0 saturated carbocycles. The molecule has 0 amide bonds. The van der Waals surface area contributed by atoms with Crippen LogP contribution in [0.2, 0.25) is 0 Å². The van der Waals surface area contributed by atoms with Crippen LogP contribution in [0.25, 0.3) is 0 Å². The van der Waals surface area contributed by atoms with E-state index in [1.807, 2.05) is 0 Å². The van der Waals surface area contributed by atoms with Gasteiger partial charge in [0.1, 0.15) is 0 Å². The second-order valence-electron chi connectivity index (χ2n) is 3.71. The Morgan fingerprint density at radius 1 is 1.31 bits per heavy atom. The highest BCUT2D eigenvalue weighted by atomic mass is 16.5. The third-order valence-electron chi connectivity index (χ3n) is 2.10. The van der Waals surface area contributed by atoms with Gasteiger partial charge in [-0.15, -0.1) is 0 Å². The van der Waals surface area contributed by atoms with E-state index in [2.05, 4.69) is 6.58 Å². The normalized spacial score (nSPS) is 14.2. The van der Waals surface area contributed by atoms with E-state index in [0.29, 0.717) is 18.4 Å². The van der Waals surface area contributed by atoms with Crippen LogP contribution in [0, 0.1) is 0 Å². The van der Waals surface area contributed by atoms with Crippen LogP contribution in [0.1, 0.15) is 26.2 Å².